The van der Waals surface area contributed by atoms with Crippen molar-refractivity contribution in [1.82, 2.24) is 23.6 Å². The standard InChI is InChI=1S/C24H28FN5O5/c1-27-15-26-22-21(27)23(33)30(24(34)28(22)2)13-20(32)35-14-19(31)29(18-6-4-3-5-7-18)12-16-8-10-17(25)11-9-16/h8-11,15,18H,3-7,12-14H2,1-2H3. The highest BCUT2D eigenvalue weighted by Crippen LogP contribution is 2.24. The fourth-order valence-corrected chi connectivity index (χ4v) is 4.54. The van der Waals surface area contributed by atoms with Crippen molar-refractivity contribution in [2.45, 2.75) is 51.2 Å². The molecule has 0 radical (unpaired) electrons. The van der Waals surface area contributed by atoms with E-state index in [0.717, 1.165) is 42.2 Å². The molecule has 186 valence electrons. The lowest BCUT2D eigenvalue weighted by Gasteiger charge is -2.34. The minimum atomic E-state index is -0.871. The molecule has 0 N–H and O–H groups in total. The maximum absolute atomic E-state index is 13.3. The molecule has 1 aliphatic rings. The van der Waals surface area contributed by atoms with E-state index in [1.807, 2.05) is 0 Å². The number of esters is 1. The zero-order valence-electron chi connectivity index (χ0n) is 19.8. The number of aromatic nitrogens is 4. The highest BCUT2D eigenvalue weighted by Gasteiger charge is 2.27. The minimum Gasteiger partial charge on any atom is -0.454 e. The van der Waals surface area contributed by atoms with Crippen LogP contribution >= 0.6 is 0 Å². The van der Waals surface area contributed by atoms with Crippen LogP contribution in [0.3, 0.4) is 0 Å². The molecule has 0 atom stereocenters. The molecule has 35 heavy (non-hydrogen) atoms. The summed E-state index contributed by atoms with van der Waals surface area (Å²) in [6.07, 6.45) is 6.21. The van der Waals surface area contributed by atoms with Crippen molar-refractivity contribution in [1.29, 1.82) is 0 Å². The van der Waals surface area contributed by atoms with E-state index in [1.54, 1.807) is 24.1 Å². The molecule has 0 spiro atoms. The summed E-state index contributed by atoms with van der Waals surface area (Å²) in [6.45, 7) is -0.862. The first kappa shape index (κ1) is 24.4. The summed E-state index contributed by atoms with van der Waals surface area (Å²) in [4.78, 5) is 56.7. The lowest BCUT2D eigenvalue weighted by molar-refractivity contribution is -0.154. The maximum Gasteiger partial charge on any atom is 0.333 e. The molecule has 1 fully saturated rings. The fraction of sp³-hybridized carbons (Fsp3) is 0.458. The number of imidazole rings is 1. The maximum atomic E-state index is 13.3. The van der Waals surface area contributed by atoms with Crippen LogP contribution < -0.4 is 11.2 Å². The first-order valence-corrected chi connectivity index (χ1v) is 11.6. The molecule has 11 heteroatoms. The van der Waals surface area contributed by atoms with Gasteiger partial charge in [0.15, 0.2) is 17.8 Å². The normalized spacial score (nSPS) is 14.3. The van der Waals surface area contributed by atoms with Crippen LogP contribution in [0.4, 0.5) is 4.39 Å². The van der Waals surface area contributed by atoms with Crippen LogP contribution in [0.25, 0.3) is 11.2 Å². The lowest BCUT2D eigenvalue weighted by atomic mass is 9.93. The molecule has 1 aromatic carbocycles. The van der Waals surface area contributed by atoms with E-state index < -0.39 is 30.4 Å². The summed E-state index contributed by atoms with van der Waals surface area (Å²) >= 11 is 0. The summed E-state index contributed by atoms with van der Waals surface area (Å²) in [7, 11) is 3.07. The Hall–Kier alpha value is -3.76. The van der Waals surface area contributed by atoms with Gasteiger partial charge >= 0.3 is 11.7 Å². The number of carbonyl (C=O) groups excluding carboxylic acids is 2. The van der Waals surface area contributed by atoms with E-state index in [4.69, 9.17) is 4.74 Å². The first-order chi connectivity index (χ1) is 16.8. The summed E-state index contributed by atoms with van der Waals surface area (Å²) in [5.74, 6) is -1.61. The van der Waals surface area contributed by atoms with Crippen molar-refractivity contribution in [3.63, 3.8) is 0 Å². The average Bonchev–Trinajstić information content (AvgIpc) is 3.25. The minimum absolute atomic E-state index is 0.00201. The van der Waals surface area contributed by atoms with Gasteiger partial charge in [-0.25, -0.2) is 18.7 Å². The van der Waals surface area contributed by atoms with Crippen LogP contribution in [0.2, 0.25) is 0 Å². The molecular weight excluding hydrogens is 457 g/mol. The third-order valence-corrected chi connectivity index (χ3v) is 6.45. The zero-order valence-corrected chi connectivity index (χ0v) is 19.8. The Kier molecular flexibility index (Phi) is 7.13. The van der Waals surface area contributed by atoms with Crippen LogP contribution in [-0.4, -0.2) is 48.1 Å². The number of benzene rings is 1. The van der Waals surface area contributed by atoms with Crippen LogP contribution in [0.1, 0.15) is 37.7 Å². The number of hydrogen-bond acceptors (Lipinski definition) is 6. The number of amides is 1. The molecule has 2 heterocycles. The summed E-state index contributed by atoms with van der Waals surface area (Å²) < 4.78 is 21.9. The van der Waals surface area contributed by atoms with Crippen molar-refractivity contribution in [3.8, 4) is 0 Å². The van der Waals surface area contributed by atoms with Gasteiger partial charge in [-0.15, -0.1) is 0 Å². The molecule has 0 saturated heterocycles. The first-order valence-electron chi connectivity index (χ1n) is 11.6. The van der Waals surface area contributed by atoms with Gasteiger partial charge in [-0.1, -0.05) is 31.4 Å². The Balaban J connectivity index is 1.47. The van der Waals surface area contributed by atoms with E-state index in [2.05, 4.69) is 4.98 Å². The number of nitrogens with zero attached hydrogens (tertiary/aromatic N) is 5. The number of hydrogen-bond donors (Lipinski definition) is 0. The van der Waals surface area contributed by atoms with Crippen LogP contribution in [0.15, 0.2) is 40.2 Å². The monoisotopic (exact) mass is 485 g/mol. The van der Waals surface area contributed by atoms with E-state index in [-0.39, 0.29) is 35.5 Å². The predicted octanol–water partition coefficient (Wildman–Crippen LogP) is 1.48. The van der Waals surface area contributed by atoms with Gasteiger partial charge in [-0.3, -0.25) is 19.0 Å². The molecule has 2 aromatic heterocycles. The van der Waals surface area contributed by atoms with E-state index in [1.165, 1.54) is 34.6 Å². The largest absolute Gasteiger partial charge is 0.454 e. The molecule has 10 nitrogen and oxygen atoms in total. The highest BCUT2D eigenvalue weighted by molar-refractivity contribution is 5.81. The van der Waals surface area contributed by atoms with E-state index >= 15 is 0 Å². The number of fused-ring (bicyclic) bond motifs is 1. The number of ether oxygens (including phenoxy) is 1. The molecule has 1 saturated carbocycles. The van der Waals surface area contributed by atoms with Gasteiger partial charge in [-0.05, 0) is 30.5 Å². The second kappa shape index (κ2) is 10.2. The molecule has 1 amide bonds. The fourth-order valence-electron chi connectivity index (χ4n) is 4.54. The topological polar surface area (TPSA) is 108 Å². The van der Waals surface area contributed by atoms with Crippen LogP contribution in [0.5, 0.6) is 0 Å². The predicted molar refractivity (Wildman–Crippen MR) is 125 cm³/mol. The molecule has 4 rings (SSSR count). The van der Waals surface area contributed by atoms with Gasteiger partial charge < -0.3 is 14.2 Å². The van der Waals surface area contributed by atoms with E-state index in [9.17, 15) is 23.6 Å². The summed E-state index contributed by atoms with van der Waals surface area (Å²) in [5.41, 5.74) is -0.197. The van der Waals surface area contributed by atoms with Crippen molar-refractivity contribution >= 4 is 23.0 Å². The van der Waals surface area contributed by atoms with E-state index in [0.29, 0.717) is 0 Å². The molecule has 1 aliphatic carbocycles. The Morgan fingerprint density at radius 1 is 1.11 bits per heavy atom. The van der Waals surface area contributed by atoms with Gasteiger partial charge in [0.05, 0.1) is 6.33 Å². The van der Waals surface area contributed by atoms with Crippen LogP contribution in [0, 0.1) is 5.82 Å². The Labute approximate surface area is 200 Å². The summed E-state index contributed by atoms with van der Waals surface area (Å²) in [6, 6.07) is 5.94. The summed E-state index contributed by atoms with van der Waals surface area (Å²) in [5, 5.41) is 0. The Morgan fingerprint density at radius 3 is 2.49 bits per heavy atom. The third-order valence-electron chi connectivity index (χ3n) is 6.45. The quantitative estimate of drug-likeness (QED) is 0.469. The average molecular weight is 486 g/mol. The molecule has 0 unspecified atom stereocenters. The van der Waals surface area contributed by atoms with Gasteiger partial charge in [0, 0.05) is 26.7 Å². The SMILES string of the molecule is Cn1cnc2c1c(=O)n(CC(=O)OCC(=O)N(Cc1ccc(F)cc1)C1CCCCC1)c(=O)n2C. The number of aryl methyl sites for hydroxylation is 2. The van der Waals surface area contributed by atoms with Crippen molar-refractivity contribution in [3.05, 3.63) is 62.8 Å². The van der Waals surface area contributed by atoms with Gasteiger partial charge in [-0.2, -0.15) is 0 Å². The Morgan fingerprint density at radius 2 is 1.80 bits per heavy atom. The number of carbonyl (C=O) groups is 2. The highest BCUT2D eigenvalue weighted by atomic mass is 19.1. The van der Waals surface area contributed by atoms with Crippen molar-refractivity contribution in [2.75, 3.05) is 6.61 Å². The van der Waals surface area contributed by atoms with Gasteiger partial charge in [0.2, 0.25) is 0 Å². The zero-order chi connectivity index (χ0) is 25.1. The number of rotatable bonds is 7. The smallest absolute Gasteiger partial charge is 0.333 e. The number of halogens is 1. The molecule has 0 bridgehead atoms. The lowest BCUT2D eigenvalue weighted by Crippen LogP contribution is -2.44. The molecule has 0 aliphatic heterocycles. The van der Waals surface area contributed by atoms with Crippen molar-refractivity contribution < 1.29 is 18.7 Å². The molecular formula is C24H28FN5O5. The van der Waals surface area contributed by atoms with Crippen molar-refractivity contribution in [2.24, 2.45) is 14.1 Å². The second-order valence-electron chi connectivity index (χ2n) is 8.86. The van der Waals surface area contributed by atoms with Gasteiger partial charge in [0.1, 0.15) is 12.4 Å². The Bertz CT molecular complexity index is 1350. The second-order valence-corrected chi connectivity index (χ2v) is 8.86. The molecule has 3 aromatic rings. The third kappa shape index (κ3) is 5.18. The van der Waals surface area contributed by atoms with Crippen LogP contribution in [-0.2, 0) is 41.5 Å². The van der Waals surface area contributed by atoms with Gasteiger partial charge in [0.25, 0.3) is 11.5 Å².